The molecule has 0 radical (unpaired) electrons. The molecule has 44 heavy (non-hydrogen) atoms. The van der Waals surface area contributed by atoms with Crippen molar-refractivity contribution in [2.75, 3.05) is 19.0 Å². The number of hydrogen-bond donors (Lipinski definition) is 2. The zero-order chi connectivity index (χ0) is 30.6. The van der Waals surface area contributed by atoms with E-state index in [1.54, 1.807) is 36.4 Å². The smallest absolute Gasteiger partial charge is 0.252 e. The van der Waals surface area contributed by atoms with E-state index in [1.165, 1.54) is 34.9 Å². The van der Waals surface area contributed by atoms with Gasteiger partial charge < -0.3 is 14.8 Å². The second kappa shape index (κ2) is 12.9. The Balaban J connectivity index is 1.37. The maximum Gasteiger partial charge on any atom is 0.252 e. The zero-order valence-electron chi connectivity index (χ0n) is 23.4. The quantitative estimate of drug-likeness (QED) is 0.240. The Kier molecular flexibility index (Phi) is 8.63. The molecule has 14 nitrogen and oxygen atoms in total. The number of pyridine rings is 1. The highest BCUT2D eigenvalue weighted by Crippen LogP contribution is 2.36. The lowest BCUT2D eigenvalue weighted by Gasteiger charge is -2.28. The van der Waals surface area contributed by atoms with E-state index < -0.39 is 17.5 Å². The Morgan fingerprint density at radius 2 is 2.05 bits per heavy atom. The molecule has 1 saturated heterocycles. The van der Waals surface area contributed by atoms with Crippen LogP contribution in [-0.4, -0.2) is 71.1 Å². The van der Waals surface area contributed by atoms with E-state index in [1.807, 2.05) is 0 Å². The van der Waals surface area contributed by atoms with Gasteiger partial charge in [0.2, 0.25) is 11.7 Å². The van der Waals surface area contributed by atoms with Crippen LogP contribution in [0.3, 0.4) is 0 Å². The summed E-state index contributed by atoms with van der Waals surface area (Å²) in [5.74, 6) is 0.245. The van der Waals surface area contributed by atoms with Crippen LogP contribution in [0.25, 0.3) is 28.2 Å². The lowest BCUT2D eigenvalue weighted by Crippen LogP contribution is -2.36. The molecule has 1 fully saturated rings. The minimum atomic E-state index is -0.928. The van der Waals surface area contributed by atoms with Crippen molar-refractivity contribution in [3.8, 4) is 34.0 Å². The molecule has 2 aromatic carbocycles. The summed E-state index contributed by atoms with van der Waals surface area (Å²) < 4.78 is 14.5. The molecule has 5 aromatic rings. The molecular formula is C28H26Cl2N10O4. The van der Waals surface area contributed by atoms with E-state index in [4.69, 9.17) is 32.7 Å². The van der Waals surface area contributed by atoms with Crippen LogP contribution in [0, 0.1) is 0 Å². The summed E-state index contributed by atoms with van der Waals surface area (Å²) in [6.07, 6.45) is 5.73. The first kappa shape index (κ1) is 29.4. The molecule has 0 aliphatic carbocycles. The van der Waals surface area contributed by atoms with E-state index in [0.29, 0.717) is 56.3 Å². The fourth-order valence-corrected chi connectivity index (χ4v) is 5.64. The number of methoxy groups -OCH3 is 1. The number of benzene rings is 2. The van der Waals surface area contributed by atoms with Crippen molar-refractivity contribution in [3.05, 3.63) is 75.4 Å². The third-order valence-electron chi connectivity index (χ3n) is 7.33. The summed E-state index contributed by atoms with van der Waals surface area (Å²) in [5, 5.41) is 28.9. The molecule has 2 atom stereocenters. The summed E-state index contributed by atoms with van der Waals surface area (Å²) in [5.41, 5.74) is 2.16. The highest BCUT2D eigenvalue weighted by molar-refractivity contribution is 6.33. The second-order valence-electron chi connectivity index (χ2n) is 10.1. The molecular weight excluding hydrogens is 611 g/mol. The predicted octanol–water partition coefficient (Wildman–Crippen LogP) is 4.13. The number of ether oxygens (including phenoxy) is 2. The minimum Gasteiger partial charge on any atom is -0.495 e. The molecule has 4 heterocycles. The maximum atomic E-state index is 13.9. The monoisotopic (exact) mass is 636 g/mol. The second-order valence-corrected chi connectivity index (χ2v) is 10.9. The fourth-order valence-electron chi connectivity index (χ4n) is 5.21. The first-order valence-electron chi connectivity index (χ1n) is 13.7. The Hall–Kier alpha value is -4.66. The molecule has 226 valence electrons. The number of nitrogens with one attached hydrogen (secondary N) is 2. The molecule has 0 spiro atoms. The number of H-pyrrole nitrogens is 1. The first-order valence-corrected chi connectivity index (χ1v) is 14.5. The molecule has 2 N–H and O–H groups in total. The Morgan fingerprint density at radius 1 is 1.16 bits per heavy atom. The number of anilines is 1. The van der Waals surface area contributed by atoms with Gasteiger partial charge in [-0.25, -0.2) is 0 Å². The van der Waals surface area contributed by atoms with Gasteiger partial charge in [-0.1, -0.05) is 23.2 Å². The van der Waals surface area contributed by atoms with Crippen LogP contribution in [0.2, 0.25) is 10.0 Å². The molecule has 1 aliphatic heterocycles. The molecule has 16 heteroatoms. The maximum absolute atomic E-state index is 13.9. The molecule has 6 rings (SSSR count). The van der Waals surface area contributed by atoms with Crippen molar-refractivity contribution >= 4 is 34.8 Å². The predicted molar refractivity (Wildman–Crippen MR) is 161 cm³/mol. The number of nitrogens with zero attached hydrogens (tertiary/aromatic N) is 8. The third kappa shape index (κ3) is 6.18. The van der Waals surface area contributed by atoms with Crippen LogP contribution in [-0.2, 0) is 9.53 Å². The van der Waals surface area contributed by atoms with Gasteiger partial charge in [0, 0.05) is 46.5 Å². The van der Waals surface area contributed by atoms with Crippen molar-refractivity contribution in [3.63, 3.8) is 0 Å². The minimum absolute atomic E-state index is 0.208. The molecule has 3 aromatic heterocycles. The van der Waals surface area contributed by atoms with Gasteiger partial charge in [-0.3, -0.25) is 14.2 Å². The number of hydrogen-bond acceptors (Lipinski definition) is 10. The molecule has 0 bridgehead atoms. The van der Waals surface area contributed by atoms with E-state index in [9.17, 15) is 9.59 Å². The highest BCUT2D eigenvalue weighted by Gasteiger charge is 2.29. The van der Waals surface area contributed by atoms with Gasteiger partial charge in [-0.2, -0.15) is 9.90 Å². The lowest BCUT2D eigenvalue weighted by atomic mass is 9.99. The van der Waals surface area contributed by atoms with Gasteiger partial charge in [-0.15, -0.1) is 15.3 Å². The van der Waals surface area contributed by atoms with Gasteiger partial charge >= 0.3 is 0 Å². The number of carbonyl (C=O) groups is 1. The summed E-state index contributed by atoms with van der Waals surface area (Å²) in [6.45, 7) is 0.595. The number of rotatable bonds is 9. The standard InChI is InChI=1S/C28H26Cl2N10O4/c1-43-25-14-39(26(41)13-21(25)20-10-16(29)5-8-23(20)40-15-31-35-38-40)24(12-18-4-2-3-9-44-18)28(42)32-17-6-7-19(22(30)11-17)27-33-36-37-34-27/h5-8,10-11,13-15,18,24H,2-4,9,12H2,1H3,(H,32,42)(H,33,34,36,37)/t18?,24-/m0/s1. The average Bonchev–Trinajstić information content (AvgIpc) is 3.76. The number of aromatic amines is 1. The van der Waals surface area contributed by atoms with Crippen LogP contribution < -0.4 is 15.6 Å². The average molecular weight is 637 g/mol. The third-order valence-corrected chi connectivity index (χ3v) is 7.88. The normalized spacial score (nSPS) is 15.6. The van der Waals surface area contributed by atoms with E-state index in [0.717, 1.165) is 19.3 Å². The van der Waals surface area contributed by atoms with Crippen molar-refractivity contribution in [2.24, 2.45) is 0 Å². The summed E-state index contributed by atoms with van der Waals surface area (Å²) in [4.78, 5) is 27.7. The molecule has 1 amide bonds. The molecule has 1 aliphatic rings. The van der Waals surface area contributed by atoms with Crippen molar-refractivity contribution in [2.45, 2.75) is 37.8 Å². The van der Waals surface area contributed by atoms with Gasteiger partial charge in [0.1, 0.15) is 18.1 Å². The summed E-state index contributed by atoms with van der Waals surface area (Å²) in [6, 6.07) is 10.6. The summed E-state index contributed by atoms with van der Waals surface area (Å²) >= 11 is 12.8. The van der Waals surface area contributed by atoms with Gasteiger partial charge in [0.25, 0.3) is 5.56 Å². The van der Waals surface area contributed by atoms with Crippen LogP contribution in [0.5, 0.6) is 5.75 Å². The number of amides is 1. The van der Waals surface area contributed by atoms with Crippen molar-refractivity contribution < 1.29 is 14.3 Å². The Bertz CT molecular complexity index is 1820. The highest BCUT2D eigenvalue weighted by atomic mass is 35.5. The van der Waals surface area contributed by atoms with Crippen LogP contribution in [0.15, 0.2) is 59.8 Å². The SMILES string of the molecule is COc1cn([C@@H](CC2CCCCO2)C(=O)Nc2ccc(-c3nn[nH]n3)c(Cl)c2)c(=O)cc1-c1cc(Cl)ccc1-n1cnnn1. The van der Waals surface area contributed by atoms with Crippen molar-refractivity contribution in [1.29, 1.82) is 0 Å². The van der Waals surface area contributed by atoms with E-state index in [-0.39, 0.29) is 12.5 Å². The topological polar surface area (TPSA) is 168 Å². The van der Waals surface area contributed by atoms with E-state index in [2.05, 4.69) is 41.5 Å². The zero-order valence-corrected chi connectivity index (χ0v) is 24.9. The summed E-state index contributed by atoms with van der Waals surface area (Å²) in [7, 11) is 1.49. The largest absolute Gasteiger partial charge is 0.495 e. The van der Waals surface area contributed by atoms with Crippen molar-refractivity contribution in [1.82, 2.24) is 45.4 Å². The fraction of sp³-hybridized carbons (Fsp3) is 0.286. The lowest BCUT2D eigenvalue weighted by molar-refractivity contribution is -0.121. The van der Waals surface area contributed by atoms with E-state index >= 15 is 0 Å². The molecule has 0 saturated carbocycles. The van der Waals surface area contributed by atoms with Crippen LogP contribution in [0.4, 0.5) is 5.69 Å². The molecule has 1 unspecified atom stereocenters. The first-order chi connectivity index (χ1) is 21.4. The number of carbonyl (C=O) groups excluding carboxylic acids is 1. The number of tetrazole rings is 2. The Morgan fingerprint density at radius 3 is 2.75 bits per heavy atom. The number of halogens is 2. The van der Waals surface area contributed by atoms with Gasteiger partial charge in [0.05, 0.1) is 30.1 Å². The number of aromatic nitrogens is 9. The van der Waals surface area contributed by atoms with Gasteiger partial charge in [0.15, 0.2) is 0 Å². The van der Waals surface area contributed by atoms with Gasteiger partial charge in [-0.05, 0) is 71.3 Å². The van der Waals surface area contributed by atoms with Crippen LogP contribution >= 0.6 is 23.2 Å². The Labute approximate surface area is 260 Å². The van der Waals surface area contributed by atoms with Crippen LogP contribution in [0.1, 0.15) is 31.7 Å².